The second-order valence-electron chi connectivity index (χ2n) is 6.17. The zero-order valence-corrected chi connectivity index (χ0v) is 12.6. The molecule has 3 atom stereocenters. The van der Waals surface area contributed by atoms with Gasteiger partial charge in [0.2, 0.25) is 0 Å². The maximum absolute atomic E-state index is 3.77. The molecule has 2 aromatic rings. The van der Waals surface area contributed by atoms with Crippen LogP contribution < -0.4 is 5.32 Å². The van der Waals surface area contributed by atoms with E-state index in [1.807, 2.05) is 0 Å². The monoisotopic (exact) mass is 265 g/mol. The molecule has 104 valence electrons. The van der Waals surface area contributed by atoms with Crippen LogP contribution in [0.4, 0.5) is 0 Å². The van der Waals surface area contributed by atoms with Crippen molar-refractivity contribution in [3.63, 3.8) is 0 Å². The molecule has 0 heterocycles. The Balaban J connectivity index is 1.65. The van der Waals surface area contributed by atoms with Gasteiger partial charge in [-0.05, 0) is 38.3 Å². The Kier molecular flexibility index (Phi) is 3.62. The van der Waals surface area contributed by atoms with Crippen molar-refractivity contribution in [1.82, 2.24) is 5.32 Å². The predicted molar refractivity (Wildman–Crippen MR) is 85.1 cm³/mol. The van der Waals surface area contributed by atoms with Crippen LogP contribution in [-0.2, 0) is 0 Å². The third kappa shape index (κ3) is 2.94. The maximum atomic E-state index is 3.77. The van der Waals surface area contributed by atoms with E-state index in [1.54, 1.807) is 0 Å². The zero-order valence-electron chi connectivity index (χ0n) is 12.6. The lowest BCUT2D eigenvalue weighted by Gasteiger charge is -2.16. The van der Waals surface area contributed by atoms with Crippen molar-refractivity contribution in [2.45, 2.75) is 45.2 Å². The Morgan fingerprint density at radius 2 is 1.65 bits per heavy atom. The van der Waals surface area contributed by atoms with Gasteiger partial charge in [-0.1, -0.05) is 59.7 Å². The quantitative estimate of drug-likeness (QED) is 0.857. The van der Waals surface area contributed by atoms with Gasteiger partial charge in [0.15, 0.2) is 0 Å². The summed E-state index contributed by atoms with van der Waals surface area (Å²) in [4.78, 5) is 0. The summed E-state index contributed by atoms with van der Waals surface area (Å²) in [5.41, 5.74) is 5.58. The second kappa shape index (κ2) is 5.41. The molecule has 1 aliphatic rings. The molecule has 20 heavy (non-hydrogen) atoms. The smallest absolute Gasteiger partial charge is 0.0294 e. The molecule has 0 bridgehead atoms. The number of rotatable bonds is 4. The summed E-state index contributed by atoms with van der Waals surface area (Å²) in [6.45, 7) is 6.62. The molecule has 3 unspecified atom stereocenters. The number of benzene rings is 2. The molecular formula is C19H23N. The summed E-state index contributed by atoms with van der Waals surface area (Å²) in [6, 6.07) is 18.7. The van der Waals surface area contributed by atoms with E-state index >= 15 is 0 Å². The normalized spacial score (nSPS) is 22.6. The van der Waals surface area contributed by atoms with Crippen molar-refractivity contribution in [2.75, 3.05) is 0 Å². The minimum Gasteiger partial charge on any atom is -0.307 e. The third-order valence-corrected chi connectivity index (χ3v) is 4.23. The van der Waals surface area contributed by atoms with E-state index in [2.05, 4.69) is 74.6 Å². The van der Waals surface area contributed by atoms with E-state index in [1.165, 1.54) is 28.7 Å². The Morgan fingerprint density at radius 3 is 2.30 bits per heavy atom. The predicted octanol–water partition coefficient (Wildman–Crippen LogP) is 4.51. The average molecular weight is 265 g/mol. The van der Waals surface area contributed by atoms with E-state index in [-0.39, 0.29) is 0 Å². The molecule has 0 saturated heterocycles. The highest BCUT2D eigenvalue weighted by Gasteiger charge is 2.38. The molecule has 0 aromatic heterocycles. The van der Waals surface area contributed by atoms with Crippen LogP contribution in [0.2, 0.25) is 0 Å². The molecule has 1 nitrogen and oxygen atoms in total. The van der Waals surface area contributed by atoms with Gasteiger partial charge < -0.3 is 5.32 Å². The van der Waals surface area contributed by atoms with Crippen LogP contribution in [0.5, 0.6) is 0 Å². The van der Waals surface area contributed by atoms with Crippen LogP contribution in [0.15, 0.2) is 48.5 Å². The van der Waals surface area contributed by atoms with Crippen LogP contribution in [0.3, 0.4) is 0 Å². The molecule has 0 radical (unpaired) electrons. The molecule has 1 N–H and O–H groups in total. The van der Waals surface area contributed by atoms with Crippen molar-refractivity contribution in [1.29, 1.82) is 0 Å². The lowest BCUT2D eigenvalue weighted by atomic mass is 10.0. The van der Waals surface area contributed by atoms with Crippen molar-refractivity contribution in [2.24, 2.45) is 0 Å². The Hall–Kier alpha value is -1.60. The van der Waals surface area contributed by atoms with Gasteiger partial charge in [-0.3, -0.25) is 0 Å². The highest BCUT2D eigenvalue weighted by Crippen LogP contribution is 2.41. The standard InChI is InChI=1S/C19H23N/c1-13-9-14(2)11-17(10-13)15(3)20-19-12-18(19)16-7-5-4-6-8-16/h4-11,15,18-20H,12H2,1-3H3. The Bertz CT molecular complexity index is 568. The fraction of sp³-hybridized carbons (Fsp3) is 0.368. The van der Waals surface area contributed by atoms with E-state index < -0.39 is 0 Å². The first-order valence-corrected chi connectivity index (χ1v) is 7.52. The van der Waals surface area contributed by atoms with Gasteiger partial charge in [-0.15, -0.1) is 0 Å². The Labute approximate surface area is 122 Å². The molecule has 0 spiro atoms. The molecule has 3 rings (SSSR count). The number of aryl methyl sites for hydroxylation is 2. The second-order valence-corrected chi connectivity index (χ2v) is 6.17. The fourth-order valence-electron chi connectivity index (χ4n) is 3.13. The van der Waals surface area contributed by atoms with Crippen LogP contribution in [0, 0.1) is 13.8 Å². The molecule has 2 aromatic carbocycles. The lowest BCUT2D eigenvalue weighted by Crippen LogP contribution is -2.22. The number of hydrogen-bond donors (Lipinski definition) is 1. The highest BCUT2D eigenvalue weighted by atomic mass is 15.0. The molecule has 1 heteroatoms. The van der Waals surface area contributed by atoms with Gasteiger partial charge in [-0.25, -0.2) is 0 Å². The lowest BCUT2D eigenvalue weighted by molar-refractivity contribution is 0.562. The van der Waals surface area contributed by atoms with Gasteiger partial charge >= 0.3 is 0 Å². The summed E-state index contributed by atoms with van der Waals surface area (Å²) < 4.78 is 0. The summed E-state index contributed by atoms with van der Waals surface area (Å²) in [5.74, 6) is 0.699. The summed E-state index contributed by atoms with van der Waals surface area (Å²) in [7, 11) is 0. The third-order valence-electron chi connectivity index (χ3n) is 4.23. The zero-order chi connectivity index (χ0) is 14.1. The minimum atomic E-state index is 0.423. The molecule has 1 aliphatic carbocycles. The minimum absolute atomic E-state index is 0.423. The first-order chi connectivity index (χ1) is 9.63. The van der Waals surface area contributed by atoms with Gasteiger partial charge in [-0.2, -0.15) is 0 Å². The molecule has 0 aliphatic heterocycles. The molecule has 1 saturated carbocycles. The summed E-state index contributed by atoms with van der Waals surface area (Å²) in [5, 5.41) is 3.77. The van der Waals surface area contributed by atoms with Crippen molar-refractivity contribution < 1.29 is 0 Å². The Morgan fingerprint density at radius 1 is 1.00 bits per heavy atom. The SMILES string of the molecule is Cc1cc(C)cc(C(C)NC2CC2c2ccccc2)c1. The molecule has 1 fully saturated rings. The molecular weight excluding hydrogens is 242 g/mol. The first-order valence-electron chi connectivity index (χ1n) is 7.52. The topological polar surface area (TPSA) is 12.0 Å². The van der Waals surface area contributed by atoms with Gasteiger partial charge in [0.1, 0.15) is 0 Å². The number of nitrogens with one attached hydrogen (secondary N) is 1. The fourth-order valence-corrected chi connectivity index (χ4v) is 3.13. The van der Waals surface area contributed by atoms with E-state index in [4.69, 9.17) is 0 Å². The van der Waals surface area contributed by atoms with Crippen LogP contribution in [-0.4, -0.2) is 6.04 Å². The largest absolute Gasteiger partial charge is 0.307 e. The maximum Gasteiger partial charge on any atom is 0.0294 e. The van der Waals surface area contributed by atoms with E-state index in [0.717, 1.165) is 0 Å². The van der Waals surface area contributed by atoms with Gasteiger partial charge in [0.05, 0.1) is 0 Å². The van der Waals surface area contributed by atoms with E-state index in [9.17, 15) is 0 Å². The summed E-state index contributed by atoms with van der Waals surface area (Å²) >= 11 is 0. The van der Waals surface area contributed by atoms with E-state index in [0.29, 0.717) is 18.0 Å². The van der Waals surface area contributed by atoms with Gasteiger partial charge in [0, 0.05) is 18.0 Å². The van der Waals surface area contributed by atoms with Gasteiger partial charge in [0.25, 0.3) is 0 Å². The highest BCUT2D eigenvalue weighted by molar-refractivity contribution is 5.32. The average Bonchev–Trinajstić information content (AvgIpc) is 3.18. The van der Waals surface area contributed by atoms with Crippen LogP contribution in [0.25, 0.3) is 0 Å². The number of hydrogen-bond acceptors (Lipinski definition) is 1. The van der Waals surface area contributed by atoms with Crippen molar-refractivity contribution in [3.8, 4) is 0 Å². The summed E-state index contributed by atoms with van der Waals surface area (Å²) in [6.07, 6.45) is 1.26. The first kappa shape index (κ1) is 13.4. The molecule has 0 amide bonds. The van der Waals surface area contributed by atoms with Crippen molar-refractivity contribution >= 4 is 0 Å². The van der Waals surface area contributed by atoms with Crippen LogP contribution in [0.1, 0.15) is 47.6 Å². The van der Waals surface area contributed by atoms with Crippen molar-refractivity contribution in [3.05, 3.63) is 70.8 Å². The van der Waals surface area contributed by atoms with Crippen LogP contribution >= 0.6 is 0 Å².